The summed E-state index contributed by atoms with van der Waals surface area (Å²) in [5.74, 6) is -0.214. The number of benzene rings is 1. The van der Waals surface area contributed by atoms with E-state index in [9.17, 15) is 4.79 Å². The van der Waals surface area contributed by atoms with Crippen LogP contribution in [0.3, 0.4) is 0 Å². The predicted molar refractivity (Wildman–Crippen MR) is 60.1 cm³/mol. The van der Waals surface area contributed by atoms with Crippen molar-refractivity contribution in [3.8, 4) is 0 Å². The van der Waals surface area contributed by atoms with Crippen molar-refractivity contribution in [3.63, 3.8) is 0 Å². The highest BCUT2D eigenvalue weighted by Crippen LogP contribution is 2.16. The highest BCUT2D eigenvalue weighted by molar-refractivity contribution is 6.29. The second kappa shape index (κ2) is 4.86. The second-order valence-electron chi connectivity index (χ2n) is 3.13. The number of carbonyl (C=O) groups excluding carboxylic acids is 1. The van der Waals surface area contributed by atoms with Crippen LogP contribution >= 0.6 is 11.6 Å². The van der Waals surface area contributed by atoms with Crippen molar-refractivity contribution in [2.24, 2.45) is 0 Å². The third-order valence-electron chi connectivity index (χ3n) is 1.77. The van der Waals surface area contributed by atoms with E-state index in [2.05, 4.69) is 5.32 Å². The van der Waals surface area contributed by atoms with Gasteiger partial charge in [0.05, 0.1) is 0 Å². The van der Waals surface area contributed by atoms with Crippen molar-refractivity contribution in [2.75, 3.05) is 30.2 Å². The molecule has 1 amide bonds. The van der Waals surface area contributed by atoms with E-state index in [-0.39, 0.29) is 11.8 Å². The maximum atomic E-state index is 11.0. The molecule has 1 rings (SSSR count). The monoisotopic (exact) mass is 212 g/mol. The number of amides is 1. The fraction of sp³-hybridized carbons (Fsp3) is 0.300. The average molecular weight is 213 g/mol. The standard InChI is InChI=1S/C10H13ClN2O/c1-13(2)9-5-3-4-8(6-9)12-10(14)7-11/h3-6H,7H2,1-2H3,(H,12,14). The van der Waals surface area contributed by atoms with Crippen molar-refractivity contribution in [1.29, 1.82) is 0 Å². The van der Waals surface area contributed by atoms with Crippen molar-refractivity contribution in [1.82, 2.24) is 0 Å². The number of nitrogens with one attached hydrogen (secondary N) is 1. The number of hydrogen-bond donors (Lipinski definition) is 1. The summed E-state index contributed by atoms with van der Waals surface area (Å²) in [6.45, 7) is 0. The molecular formula is C10H13ClN2O. The molecule has 0 aromatic heterocycles. The minimum atomic E-state index is -0.192. The molecule has 0 aliphatic heterocycles. The number of rotatable bonds is 3. The number of nitrogens with zero attached hydrogens (tertiary/aromatic N) is 1. The molecule has 0 heterocycles. The Bertz CT molecular complexity index is 326. The first-order valence-corrected chi connectivity index (χ1v) is 4.80. The number of anilines is 2. The maximum absolute atomic E-state index is 11.0. The van der Waals surface area contributed by atoms with Gasteiger partial charge in [-0.3, -0.25) is 4.79 Å². The summed E-state index contributed by atoms with van der Waals surface area (Å²) in [5.41, 5.74) is 1.80. The molecule has 0 atom stereocenters. The van der Waals surface area contributed by atoms with E-state index in [1.54, 1.807) is 0 Å². The average Bonchev–Trinajstić information content (AvgIpc) is 2.18. The van der Waals surface area contributed by atoms with Gasteiger partial charge in [0, 0.05) is 25.5 Å². The summed E-state index contributed by atoms with van der Waals surface area (Å²) >= 11 is 5.38. The van der Waals surface area contributed by atoms with Gasteiger partial charge in [-0.1, -0.05) is 6.07 Å². The molecule has 0 fully saturated rings. The lowest BCUT2D eigenvalue weighted by atomic mass is 10.2. The summed E-state index contributed by atoms with van der Waals surface area (Å²) in [7, 11) is 3.89. The molecule has 4 heteroatoms. The SMILES string of the molecule is CN(C)c1cccc(NC(=O)CCl)c1. The molecule has 0 unspecified atom stereocenters. The van der Waals surface area contributed by atoms with Gasteiger partial charge in [0.25, 0.3) is 0 Å². The first-order chi connectivity index (χ1) is 6.63. The summed E-state index contributed by atoms with van der Waals surface area (Å²) in [4.78, 5) is 13.0. The van der Waals surface area contributed by atoms with Crippen molar-refractivity contribution in [2.45, 2.75) is 0 Å². The van der Waals surface area contributed by atoms with E-state index >= 15 is 0 Å². The van der Waals surface area contributed by atoms with E-state index in [4.69, 9.17) is 11.6 Å². The number of alkyl halides is 1. The maximum Gasteiger partial charge on any atom is 0.239 e. The molecule has 0 spiro atoms. The topological polar surface area (TPSA) is 32.3 Å². The molecule has 14 heavy (non-hydrogen) atoms. The quantitative estimate of drug-likeness (QED) is 0.777. The molecule has 0 saturated carbocycles. The number of hydrogen-bond acceptors (Lipinski definition) is 2. The van der Waals surface area contributed by atoms with Crippen LogP contribution in [-0.2, 0) is 4.79 Å². The first-order valence-electron chi connectivity index (χ1n) is 4.26. The van der Waals surface area contributed by atoms with Crippen LogP contribution in [0.15, 0.2) is 24.3 Å². The summed E-state index contributed by atoms with van der Waals surface area (Å²) in [6, 6.07) is 7.58. The molecule has 76 valence electrons. The normalized spacial score (nSPS) is 9.64. The van der Waals surface area contributed by atoms with Gasteiger partial charge in [-0.25, -0.2) is 0 Å². The van der Waals surface area contributed by atoms with E-state index in [1.807, 2.05) is 43.3 Å². The van der Waals surface area contributed by atoms with Crippen LogP contribution in [0.1, 0.15) is 0 Å². The molecular weight excluding hydrogens is 200 g/mol. The van der Waals surface area contributed by atoms with Gasteiger partial charge in [0.2, 0.25) is 5.91 Å². The molecule has 1 N–H and O–H groups in total. The van der Waals surface area contributed by atoms with Gasteiger partial charge in [0.15, 0.2) is 0 Å². The fourth-order valence-corrected chi connectivity index (χ4v) is 1.12. The van der Waals surface area contributed by atoms with Gasteiger partial charge in [-0.05, 0) is 18.2 Å². The van der Waals surface area contributed by atoms with Crippen LogP contribution in [0, 0.1) is 0 Å². The molecule has 0 radical (unpaired) electrons. The van der Waals surface area contributed by atoms with E-state index < -0.39 is 0 Å². The minimum absolute atomic E-state index is 0.0216. The molecule has 0 aliphatic rings. The molecule has 3 nitrogen and oxygen atoms in total. The second-order valence-corrected chi connectivity index (χ2v) is 3.39. The Balaban J connectivity index is 2.78. The lowest BCUT2D eigenvalue weighted by Crippen LogP contribution is -2.13. The zero-order chi connectivity index (χ0) is 10.6. The zero-order valence-electron chi connectivity index (χ0n) is 8.25. The Labute approximate surface area is 88.7 Å². The Morgan fingerprint density at radius 1 is 1.50 bits per heavy atom. The Kier molecular flexibility index (Phi) is 3.77. The van der Waals surface area contributed by atoms with E-state index in [0.29, 0.717) is 0 Å². The Morgan fingerprint density at radius 2 is 2.21 bits per heavy atom. The molecule has 0 bridgehead atoms. The summed E-state index contributed by atoms with van der Waals surface area (Å²) in [5, 5.41) is 2.69. The Morgan fingerprint density at radius 3 is 2.79 bits per heavy atom. The van der Waals surface area contributed by atoms with E-state index in [0.717, 1.165) is 11.4 Å². The van der Waals surface area contributed by atoms with Gasteiger partial charge in [-0.2, -0.15) is 0 Å². The first kappa shape index (κ1) is 10.9. The van der Waals surface area contributed by atoms with Gasteiger partial charge in [-0.15, -0.1) is 11.6 Å². The van der Waals surface area contributed by atoms with Crippen molar-refractivity contribution < 1.29 is 4.79 Å². The van der Waals surface area contributed by atoms with Crippen LogP contribution in [0.5, 0.6) is 0 Å². The predicted octanol–water partition coefficient (Wildman–Crippen LogP) is 1.93. The molecule has 1 aromatic carbocycles. The van der Waals surface area contributed by atoms with Crippen LogP contribution in [-0.4, -0.2) is 25.9 Å². The Hall–Kier alpha value is -1.22. The van der Waals surface area contributed by atoms with Crippen molar-refractivity contribution in [3.05, 3.63) is 24.3 Å². The summed E-state index contributed by atoms with van der Waals surface area (Å²) in [6.07, 6.45) is 0. The van der Waals surface area contributed by atoms with Crippen LogP contribution in [0.2, 0.25) is 0 Å². The van der Waals surface area contributed by atoms with Gasteiger partial charge < -0.3 is 10.2 Å². The van der Waals surface area contributed by atoms with Crippen LogP contribution in [0.4, 0.5) is 11.4 Å². The number of carbonyl (C=O) groups is 1. The summed E-state index contributed by atoms with van der Waals surface area (Å²) < 4.78 is 0. The lowest BCUT2D eigenvalue weighted by Gasteiger charge is -2.13. The third kappa shape index (κ3) is 2.92. The van der Waals surface area contributed by atoms with Crippen LogP contribution < -0.4 is 10.2 Å². The largest absolute Gasteiger partial charge is 0.378 e. The highest BCUT2D eigenvalue weighted by Gasteiger charge is 2.01. The van der Waals surface area contributed by atoms with Gasteiger partial charge >= 0.3 is 0 Å². The fourth-order valence-electron chi connectivity index (χ4n) is 1.06. The van der Waals surface area contributed by atoms with Crippen molar-refractivity contribution >= 4 is 28.9 Å². The molecule has 0 saturated heterocycles. The molecule has 1 aromatic rings. The lowest BCUT2D eigenvalue weighted by molar-refractivity contribution is -0.113. The van der Waals surface area contributed by atoms with Crippen LogP contribution in [0.25, 0.3) is 0 Å². The third-order valence-corrected chi connectivity index (χ3v) is 2.01. The van der Waals surface area contributed by atoms with Gasteiger partial charge in [0.1, 0.15) is 5.88 Å². The zero-order valence-corrected chi connectivity index (χ0v) is 9.01. The number of halogens is 1. The smallest absolute Gasteiger partial charge is 0.239 e. The van der Waals surface area contributed by atoms with E-state index in [1.165, 1.54) is 0 Å². The highest BCUT2D eigenvalue weighted by atomic mass is 35.5. The minimum Gasteiger partial charge on any atom is -0.378 e. The molecule has 0 aliphatic carbocycles.